The quantitative estimate of drug-likeness (QED) is 0.886. The lowest BCUT2D eigenvalue weighted by Crippen LogP contribution is -2.46. The number of amides is 1. The van der Waals surface area contributed by atoms with E-state index in [4.69, 9.17) is 4.74 Å². The SMILES string of the molecule is CC(Oc1ccccc1)C(=O)NC1CCNCC1.Cl. The zero-order chi connectivity index (χ0) is 12.8. The first-order valence-corrected chi connectivity index (χ1v) is 6.48. The van der Waals surface area contributed by atoms with Crippen molar-refractivity contribution in [1.29, 1.82) is 0 Å². The minimum Gasteiger partial charge on any atom is -0.481 e. The van der Waals surface area contributed by atoms with Crippen molar-refractivity contribution in [3.63, 3.8) is 0 Å². The highest BCUT2D eigenvalue weighted by molar-refractivity contribution is 5.85. The van der Waals surface area contributed by atoms with Gasteiger partial charge in [-0.05, 0) is 45.0 Å². The van der Waals surface area contributed by atoms with Crippen molar-refractivity contribution in [3.8, 4) is 5.75 Å². The van der Waals surface area contributed by atoms with Crippen molar-refractivity contribution in [2.75, 3.05) is 13.1 Å². The Kier molecular flexibility index (Phi) is 6.67. The molecular formula is C14H21ClN2O2. The van der Waals surface area contributed by atoms with Gasteiger partial charge in [-0.2, -0.15) is 0 Å². The van der Waals surface area contributed by atoms with Gasteiger partial charge in [-0.3, -0.25) is 4.79 Å². The van der Waals surface area contributed by atoms with Crippen molar-refractivity contribution >= 4 is 18.3 Å². The highest BCUT2D eigenvalue weighted by Crippen LogP contribution is 2.11. The van der Waals surface area contributed by atoms with Crippen molar-refractivity contribution in [2.45, 2.75) is 31.9 Å². The summed E-state index contributed by atoms with van der Waals surface area (Å²) >= 11 is 0. The number of para-hydroxylation sites is 1. The van der Waals surface area contributed by atoms with E-state index >= 15 is 0 Å². The Morgan fingerprint density at radius 1 is 1.32 bits per heavy atom. The molecule has 4 nitrogen and oxygen atoms in total. The summed E-state index contributed by atoms with van der Waals surface area (Å²) < 4.78 is 5.59. The summed E-state index contributed by atoms with van der Waals surface area (Å²) in [5, 5.41) is 6.31. The zero-order valence-corrected chi connectivity index (χ0v) is 11.9. The maximum Gasteiger partial charge on any atom is 0.260 e. The maximum atomic E-state index is 12.0. The van der Waals surface area contributed by atoms with Crippen LogP contribution in [0.25, 0.3) is 0 Å². The molecule has 5 heteroatoms. The summed E-state index contributed by atoms with van der Waals surface area (Å²) in [5.41, 5.74) is 0. The van der Waals surface area contributed by atoms with E-state index in [0.717, 1.165) is 31.7 Å². The van der Waals surface area contributed by atoms with Gasteiger partial charge in [-0.25, -0.2) is 0 Å². The molecule has 1 amide bonds. The minimum absolute atomic E-state index is 0. The van der Waals surface area contributed by atoms with Gasteiger partial charge < -0.3 is 15.4 Å². The monoisotopic (exact) mass is 284 g/mol. The van der Waals surface area contributed by atoms with Gasteiger partial charge in [0, 0.05) is 6.04 Å². The van der Waals surface area contributed by atoms with Gasteiger partial charge in [0.05, 0.1) is 0 Å². The Hall–Kier alpha value is -1.26. The predicted octanol–water partition coefficient (Wildman–Crippen LogP) is 1.74. The normalized spacial score (nSPS) is 17.1. The smallest absolute Gasteiger partial charge is 0.260 e. The molecule has 0 spiro atoms. The summed E-state index contributed by atoms with van der Waals surface area (Å²) in [5.74, 6) is 0.691. The fraction of sp³-hybridized carbons (Fsp3) is 0.500. The highest BCUT2D eigenvalue weighted by Gasteiger charge is 2.20. The summed E-state index contributed by atoms with van der Waals surface area (Å²) in [6, 6.07) is 9.70. The first-order valence-electron chi connectivity index (χ1n) is 6.48. The van der Waals surface area contributed by atoms with Crippen molar-refractivity contribution in [3.05, 3.63) is 30.3 Å². The number of halogens is 1. The molecule has 0 aliphatic carbocycles. The number of hydrogen-bond acceptors (Lipinski definition) is 3. The third-order valence-corrected chi connectivity index (χ3v) is 3.11. The molecule has 2 N–H and O–H groups in total. The maximum absolute atomic E-state index is 12.0. The summed E-state index contributed by atoms with van der Waals surface area (Å²) in [4.78, 5) is 12.0. The lowest BCUT2D eigenvalue weighted by atomic mass is 10.1. The number of piperidine rings is 1. The largest absolute Gasteiger partial charge is 0.481 e. The van der Waals surface area contributed by atoms with E-state index < -0.39 is 6.10 Å². The molecule has 1 saturated heterocycles. The topological polar surface area (TPSA) is 50.4 Å². The van der Waals surface area contributed by atoms with Crippen LogP contribution in [0.15, 0.2) is 30.3 Å². The lowest BCUT2D eigenvalue weighted by Gasteiger charge is -2.25. The van der Waals surface area contributed by atoms with Crippen LogP contribution in [0.4, 0.5) is 0 Å². The Balaban J connectivity index is 0.00000180. The number of benzene rings is 1. The van der Waals surface area contributed by atoms with Crippen molar-refractivity contribution in [1.82, 2.24) is 10.6 Å². The van der Waals surface area contributed by atoms with E-state index in [1.807, 2.05) is 30.3 Å². The van der Waals surface area contributed by atoms with Gasteiger partial charge in [0.2, 0.25) is 0 Å². The Labute approximate surface area is 120 Å². The van der Waals surface area contributed by atoms with Gasteiger partial charge in [0.15, 0.2) is 6.10 Å². The second-order valence-electron chi connectivity index (χ2n) is 4.61. The first kappa shape index (κ1) is 15.8. The summed E-state index contributed by atoms with van der Waals surface area (Å²) in [7, 11) is 0. The molecule has 0 bridgehead atoms. The number of ether oxygens (including phenoxy) is 1. The van der Waals surface area contributed by atoms with Crippen LogP contribution >= 0.6 is 12.4 Å². The first-order chi connectivity index (χ1) is 8.75. The number of hydrogen-bond donors (Lipinski definition) is 2. The molecule has 1 unspecified atom stereocenters. The standard InChI is InChI=1S/C14H20N2O2.ClH/c1-11(18-13-5-3-2-4-6-13)14(17)16-12-7-9-15-10-8-12;/h2-6,11-12,15H,7-10H2,1H3,(H,16,17);1H. The second kappa shape index (κ2) is 8.02. The Morgan fingerprint density at radius 3 is 2.58 bits per heavy atom. The minimum atomic E-state index is -0.456. The van der Waals surface area contributed by atoms with E-state index in [2.05, 4.69) is 10.6 Å². The molecule has 1 heterocycles. The summed E-state index contributed by atoms with van der Waals surface area (Å²) in [6.07, 6.45) is 1.52. The molecule has 0 aromatic heterocycles. The molecule has 0 radical (unpaired) electrons. The van der Waals surface area contributed by atoms with Gasteiger partial charge in [0.25, 0.3) is 5.91 Å². The number of nitrogens with one attached hydrogen (secondary N) is 2. The van der Waals surface area contributed by atoms with E-state index in [1.54, 1.807) is 6.92 Å². The van der Waals surface area contributed by atoms with Gasteiger partial charge in [-0.1, -0.05) is 18.2 Å². The lowest BCUT2D eigenvalue weighted by molar-refractivity contribution is -0.128. The average molecular weight is 285 g/mol. The number of rotatable bonds is 4. The van der Waals surface area contributed by atoms with Crippen LogP contribution in [0.2, 0.25) is 0 Å². The van der Waals surface area contributed by atoms with E-state index in [9.17, 15) is 4.79 Å². The van der Waals surface area contributed by atoms with Crippen molar-refractivity contribution < 1.29 is 9.53 Å². The van der Waals surface area contributed by atoms with Crippen LogP contribution in [0.3, 0.4) is 0 Å². The Bertz CT molecular complexity index is 380. The molecule has 0 saturated carbocycles. The average Bonchev–Trinajstić information content (AvgIpc) is 2.41. The van der Waals surface area contributed by atoms with Crippen LogP contribution in [-0.2, 0) is 4.79 Å². The summed E-state index contributed by atoms with van der Waals surface area (Å²) in [6.45, 7) is 3.72. The van der Waals surface area contributed by atoms with Crippen molar-refractivity contribution in [2.24, 2.45) is 0 Å². The molecule has 106 valence electrons. The van der Waals surface area contributed by atoms with Gasteiger partial charge >= 0.3 is 0 Å². The highest BCUT2D eigenvalue weighted by atomic mass is 35.5. The third-order valence-electron chi connectivity index (χ3n) is 3.11. The predicted molar refractivity (Wildman–Crippen MR) is 77.8 cm³/mol. The van der Waals surface area contributed by atoms with Gasteiger partial charge in [-0.15, -0.1) is 12.4 Å². The molecule has 1 aromatic carbocycles. The van der Waals surface area contributed by atoms with Crippen LogP contribution in [0.5, 0.6) is 5.75 Å². The molecule has 1 aromatic rings. The van der Waals surface area contributed by atoms with E-state index in [-0.39, 0.29) is 24.4 Å². The fourth-order valence-corrected chi connectivity index (χ4v) is 2.04. The Morgan fingerprint density at radius 2 is 1.95 bits per heavy atom. The van der Waals surface area contributed by atoms with Crippen LogP contribution in [-0.4, -0.2) is 31.1 Å². The molecule has 1 aliphatic heterocycles. The van der Waals surface area contributed by atoms with E-state index in [0.29, 0.717) is 0 Å². The molecule has 1 aliphatic rings. The second-order valence-corrected chi connectivity index (χ2v) is 4.61. The molecule has 19 heavy (non-hydrogen) atoms. The molecular weight excluding hydrogens is 264 g/mol. The van der Waals surface area contributed by atoms with Crippen LogP contribution in [0, 0.1) is 0 Å². The van der Waals surface area contributed by atoms with Crippen LogP contribution in [0.1, 0.15) is 19.8 Å². The fourth-order valence-electron chi connectivity index (χ4n) is 2.04. The molecule has 1 atom stereocenters. The number of carbonyl (C=O) groups is 1. The van der Waals surface area contributed by atoms with Gasteiger partial charge in [0.1, 0.15) is 5.75 Å². The molecule has 2 rings (SSSR count). The molecule has 1 fully saturated rings. The zero-order valence-electron chi connectivity index (χ0n) is 11.1. The van der Waals surface area contributed by atoms with Crippen LogP contribution < -0.4 is 15.4 Å². The van der Waals surface area contributed by atoms with E-state index in [1.165, 1.54) is 0 Å². The number of carbonyl (C=O) groups excluding carboxylic acids is 1. The third kappa shape index (κ3) is 5.09.